The highest BCUT2D eigenvalue weighted by Crippen LogP contribution is 2.43. The number of fused-ring (bicyclic) bond motifs is 1. The van der Waals surface area contributed by atoms with Gasteiger partial charge in [0.1, 0.15) is 0 Å². The second kappa shape index (κ2) is 10.4. The number of rotatable bonds is 7. The lowest BCUT2D eigenvalue weighted by Gasteiger charge is -2.16. The van der Waals surface area contributed by atoms with Gasteiger partial charge < -0.3 is 0 Å². The minimum atomic E-state index is -0.410. The summed E-state index contributed by atoms with van der Waals surface area (Å²) in [7, 11) is 0. The number of hydrogen-bond acceptors (Lipinski definition) is 6. The molecule has 0 bridgehead atoms. The number of aromatic nitrogens is 1. The summed E-state index contributed by atoms with van der Waals surface area (Å²) < 4.78 is 1.99. The van der Waals surface area contributed by atoms with Crippen LogP contribution in [-0.4, -0.2) is 16.1 Å². The number of thiazole rings is 1. The Morgan fingerprint density at radius 1 is 0.943 bits per heavy atom. The normalized spacial score (nSPS) is 12.3. The topological polar surface area (TPSA) is 68.4 Å². The first-order chi connectivity index (χ1) is 17.0. The van der Waals surface area contributed by atoms with Crippen LogP contribution in [0.1, 0.15) is 21.9 Å². The summed E-state index contributed by atoms with van der Waals surface area (Å²) in [4.78, 5) is 19.9. The molecule has 0 saturated carbocycles. The molecule has 1 atom stereocenters. The van der Waals surface area contributed by atoms with Gasteiger partial charge in [0.05, 0.1) is 26.1 Å². The number of nitrogens with zero attached hydrogens (tertiary/aromatic N) is 3. The van der Waals surface area contributed by atoms with Gasteiger partial charge >= 0.3 is 0 Å². The van der Waals surface area contributed by atoms with Crippen molar-refractivity contribution in [3.05, 3.63) is 129 Å². The van der Waals surface area contributed by atoms with Gasteiger partial charge in [0.25, 0.3) is 5.69 Å². The quantitative estimate of drug-likeness (QED) is 0.0942. The lowest BCUT2D eigenvalue weighted by Crippen LogP contribution is -1.96. The summed E-state index contributed by atoms with van der Waals surface area (Å²) in [5.41, 5.74) is 4.75. The molecule has 4 aromatic carbocycles. The average Bonchev–Trinajstić information content (AvgIpc) is 3.29. The van der Waals surface area contributed by atoms with E-state index in [4.69, 9.17) is 16.6 Å². The highest BCUT2D eigenvalue weighted by atomic mass is 35.5. The largest absolute Gasteiger partial charge is 0.270 e. The smallest absolute Gasteiger partial charge is 0.258 e. The van der Waals surface area contributed by atoms with E-state index in [1.54, 1.807) is 41.4 Å². The Kier molecular flexibility index (Phi) is 6.90. The van der Waals surface area contributed by atoms with Crippen LogP contribution < -0.4 is 0 Å². The fraction of sp³-hybridized carbons (Fsp3) is 0.0370. The molecule has 0 amide bonds. The summed E-state index contributed by atoms with van der Waals surface area (Å²) in [6.45, 7) is 0. The number of benzene rings is 4. The monoisotopic (exact) mass is 515 g/mol. The van der Waals surface area contributed by atoms with Crippen LogP contribution in [0.25, 0.3) is 10.2 Å². The Bertz CT molecular complexity index is 1520. The first kappa shape index (κ1) is 23.2. The van der Waals surface area contributed by atoms with Crippen molar-refractivity contribution in [1.82, 2.24) is 4.98 Å². The van der Waals surface area contributed by atoms with Crippen molar-refractivity contribution in [1.29, 1.82) is 0 Å². The van der Waals surface area contributed by atoms with Gasteiger partial charge in [0.2, 0.25) is 0 Å². The zero-order valence-electron chi connectivity index (χ0n) is 18.2. The van der Waals surface area contributed by atoms with E-state index in [-0.39, 0.29) is 10.9 Å². The molecular formula is C27H18ClN3O2S2. The number of aliphatic imine (C=N–C) groups is 1. The highest BCUT2D eigenvalue weighted by Gasteiger charge is 2.18. The molecule has 5 aromatic rings. The third kappa shape index (κ3) is 5.59. The van der Waals surface area contributed by atoms with Crippen LogP contribution in [0.5, 0.6) is 0 Å². The molecule has 0 N–H and O–H groups in total. The van der Waals surface area contributed by atoms with Gasteiger partial charge in [-0.15, -0.1) is 11.3 Å². The van der Waals surface area contributed by atoms with Gasteiger partial charge in [-0.1, -0.05) is 78.0 Å². The molecular weight excluding hydrogens is 498 g/mol. The van der Waals surface area contributed by atoms with Crippen LogP contribution in [-0.2, 0) is 0 Å². The first-order valence-electron chi connectivity index (χ1n) is 10.7. The second-order valence-electron chi connectivity index (χ2n) is 7.70. The molecule has 0 aliphatic heterocycles. The van der Waals surface area contributed by atoms with E-state index in [0.29, 0.717) is 10.6 Å². The summed E-state index contributed by atoms with van der Waals surface area (Å²) in [6.07, 6.45) is 1.64. The predicted octanol–water partition coefficient (Wildman–Crippen LogP) is 8.49. The first-order valence-corrected chi connectivity index (χ1v) is 12.8. The van der Waals surface area contributed by atoms with Crippen molar-refractivity contribution in [3.8, 4) is 0 Å². The summed E-state index contributed by atoms with van der Waals surface area (Å²) >= 11 is 9.45. The molecule has 0 fully saturated rings. The summed E-state index contributed by atoms with van der Waals surface area (Å²) in [5.74, 6) is 0. The zero-order chi connectivity index (χ0) is 24.2. The maximum Gasteiger partial charge on any atom is 0.270 e. The van der Waals surface area contributed by atoms with Crippen LogP contribution in [0.3, 0.4) is 0 Å². The lowest BCUT2D eigenvalue weighted by atomic mass is 10.0. The van der Waals surface area contributed by atoms with Gasteiger partial charge in [0.15, 0.2) is 4.34 Å². The van der Waals surface area contributed by atoms with Crippen LogP contribution >= 0.6 is 34.7 Å². The molecule has 0 aliphatic rings. The van der Waals surface area contributed by atoms with Gasteiger partial charge in [-0.25, -0.2) is 4.98 Å². The Morgan fingerprint density at radius 3 is 2.49 bits per heavy atom. The molecule has 0 unspecified atom stereocenters. The molecule has 0 radical (unpaired) electrons. The predicted molar refractivity (Wildman–Crippen MR) is 146 cm³/mol. The number of nitro benzene ring substituents is 1. The number of nitro groups is 1. The minimum Gasteiger partial charge on any atom is -0.258 e. The van der Waals surface area contributed by atoms with Crippen molar-refractivity contribution in [2.45, 2.75) is 9.59 Å². The van der Waals surface area contributed by atoms with Crippen LogP contribution in [0.2, 0.25) is 5.02 Å². The van der Waals surface area contributed by atoms with Crippen molar-refractivity contribution >= 4 is 62.5 Å². The second-order valence-corrected chi connectivity index (χ2v) is 10.5. The van der Waals surface area contributed by atoms with E-state index >= 15 is 0 Å². The van der Waals surface area contributed by atoms with E-state index in [2.05, 4.69) is 29.3 Å². The molecule has 172 valence electrons. The number of halogens is 1. The summed E-state index contributed by atoms with van der Waals surface area (Å²) in [6, 6.07) is 30.6. The van der Waals surface area contributed by atoms with E-state index in [1.807, 2.05) is 48.5 Å². The van der Waals surface area contributed by atoms with E-state index in [0.717, 1.165) is 25.8 Å². The molecule has 8 heteroatoms. The number of hydrogen-bond donors (Lipinski definition) is 0. The Labute approximate surface area is 215 Å². The zero-order valence-corrected chi connectivity index (χ0v) is 20.6. The third-order valence-corrected chi connectivity index (χ3v) is 7.97. The standard InChI is InChI=1S/C27H18ClN3O2S2/c28-21-11-9-20(10-12-21)26(19-6-2-1-3-7-19)35-27-30-24-14-13-22(16-25(24)34-27)29-17-18-5-4-8-23(15-18)31(32)33/h1-17,26H/t26-/m0/s1. The molecule has 0 aliphatic carbocycles. The Hall–Kier alpha value is -3.52. The average molecular weight is 516 g/mol. The maximum atomic E-state index is 11.0. The third-order valence-electron chi connectivity index (χ3n) is 5.29. The SMILES string of the molecule is O=[N+]([O-])c1cccc(C=Nc2ccc3nc(S[C@@H](c4ccccc4)c4ccc(Cl)cc4)sc3c2)c1. The molecule has 35 heavy (non-hydrogen) atoms. The lowest BCUT2D eigenvalue weighted by molar-refractivity contribution is -0.384. The minimum absolute atomic E-state index is 0.0437. The van der Waals surface area contributed by atoms with E-state index in [9.17, 15) is 10.1 Å². The van der Waals surface area contributed by atoms with E-state index in [1.165, 1.54) is 17.7 Å². The molecule has 1 heterocycles. The Balaban J connectivity index is 1.41. The Morgan fingerprint density at radius 2 is 1.71 bits per heavy atom. The van der Waals surface area contributed by atoms with Gasteiger partial charge in [0, 0.05) is 23.4 Å². The fourth-order valence-corrected chi connectivity index (χ4v) is 6.13. The maximum absolute atomic E-state index is 11.0. The van der Waals surface area contributed by atoms with Crippen LogP contribution in [0, 0.1) is 10.1 Å². The van der Waals surface area contributed by atoms with E-state index < -0.39 is 4.92 Å². The molecule has 0 saturated heterocycles. The van der Waals surface area contributed by atoms with Crippen molar-refractivity contribution in [2.75, 3.05) is 0 Å². The van der Waals surface area contributed by atoms with Gasteiger partial charge in [-0.3, -0.25) is 15.1 Å². The fourth-order valence-electron chi connectivity index (χ4n) is 3.59. The van der Waals surface area contributed by atoms with Gasteiger partial charge in [-0.05, 0) is 47.0 Å². The van der Waals surface area contributed by atoms with Crippen molar-refractivity contribution < 1.29 is 4.92 Å². The van der Waals surface area contributed by atoms with Crippen LogP contribution in [0.4, 0.5) is 11.4 Å². The molecule has 5 rings (SSSR count). The van der Waals surface area contributed by atoms with Crippen molar-refractivity contribution in [2.24, 2.45) is 4.99 Å². The highest BCUT2D eigenvalue weighted by molar-refractivity contribution is 8.01. The molecule has 5 nitrogen and oxygen atoms in total. The van der Waals surface area contributed by atoms with Crippen molar-refractivity contribution in [3.63, 3.8) is 0 Å². The number of non-ortho nitro benzene ring substituents is 1. The number of thioether (sulfide) groups is 1. The molecule has 0 spiro atoms. The van der Waals surface area contributed by atoms with Crippen LogP contribution in [0.15, 0.2) is 106 Å². The summed E-state index contributed by atoms with van der Waals surface area (Å²) in [5, 5.41) is 11.8. The molecule has 1 aromatic heterocycles. The van der Waals surface area contributed by atoms with Gasteiger partial charge in [-0.2, -0.15) is 0 Å².